The lowest BCUT2D eigenvalue weighted by Crippen LogP contribution is -2.14. The Kier molecular flexibility index (Phi) is 4.22. The predicted molar refractivity (Wildman–Crippen MR) is 83.3 cm³/mol. The van der Waals surface area contributed by atoms with Crippen LogP contribution in [0.2, 0.25) is 5.15 Å². The summed E-state index contributed by atoms with van der Waals surface area (Å²) in [6.45, 7) is 1.79. The number of nitrogens with zero attached hydrogens (tertiary/aromatic N) is 1. The van der Waals surface area contributed by atoms with Gasteiger partial charge in [-0.1, -0.05) is 11.6 Å². The van der Waals surface area contributed by atoms with Gasteiger partial charge in [0.1, 0.15) is 4.90 Å². The van der Waals surface area contributed by atoms with Crippen molar-refractivity contribution >= 4 is 48.9 Å². The van der Waals surface area contributed by atoms with Crippen LogP contribution in [-0.2, 0) is 10.0 Å². The van der Waals surface area contributed by atoms with Crippen LogP contribution < -0.4 is 10.5 Å². The average Bonchev–Trinajstić information content (AvgIpc) is 2.36. The molecule has 0 saturated heterocycles. The van der Waals surface area contributed by atoms with Crippen molar-refractivity contribution in [1.82, 2.24) is 4.98 Å². The number of anilines is 2. The van der Waals surface area contributed by atoms with Crippen molar-refractivity contribution in [3.05, 3.63) is 45.7 Å². The van der Waals surface area contributed by atoms with E-state index in [0.29, 0.717) is 10.2 Å². The summed E-state index contributed by atoms with van der Waals surface area (Å²) in [5.41, 5.74) is 6.98. The van der Waals surface area contributed by atoms with Gasteiger partial charge in [0, 0.05) is 16.4 Å². The van der Waals surface area contributed by atoms with Gasteiger partial charge in [-0.15, -0.1) is 0 Å². The van der Waals surface area contributed by atoms with Gasteiger partial charge < -0.3 is 5.73 Å². The Labute approximate surface area is 130 Å². The number of aryl methyl sites for hydroxylation is 1. The molecule has 0 atom stereocenters. The van der Waals surface area contributed by atoms with Gasteiger partial charge in [0.25, 0.3) is 10.0 Å². The molecule has 20 heavy (non-hydrogen) atoms. The van der Waals surface area contributed by atoms with E-state index in [2.05, 4.69) is 25.6 Å². The maximum Gasteiger partial charge on any atom is 0.263 e. The molecule has 0 bridgehead atoms. The topological polar surface area (TPSA) is 85.1 Å². The summed E-state index contributed by atoms with van der Waals surface area (Å²) < 4.78 is 27.5. The van der Waals surface area contributed by atoms with Crippen LogP contribution in [0.5, 0.6) is 0 Å². The van der Waals surface area contributed by atoms with E-state index >= 15 is 0 Å². The summed E-state index contributed by atoms with van der Waals surface area (Å²) in [6.07, 6.45) is 1.55. The second-order valence-electron chi connectivity index (χ2n) is 4.15. The number of aromatic nitrogens is 1. The number of sulfonamides is 1. The van der Waals surface area contributed by atoms with E-state index in [1.165, 1.54) is 6.07 Å². The molecule has 106 valence electrons. The number of halogens is 2. The maximum absolute atomic E-state index is 12.4. The van der Waals surface area contributed by atoms with E-state index in [9.17, 15) is 8.42 Å². The average molecular weight is 377 g/mol. The van der Waals surface area contributed by atoms with Crippen molar-refractivity contribution in [3.8, 4) is 0 Å². The Hall–Kier alpha value is -1.31. The highest BCUT2D eigenvalue weighted by molar-refractivity contribution is 9.10. The first-order chi connectivity index (χ1) is 9.29. The molecule has 0 aliphatic rings. The summed E-state index contributed by atoms with van der Waals surface area (Å²) in [4.78, 5) is 3.94. The van der Waals surface area contributed by atoms with Gasteiger partial charge in [0.2, 0.25) is 0 Å². The number of nitrogens with two attached hydrogens (primary N) is 1. The van der Waals surface area contributed by atoms with Crippen molar-refractivity contribution in [2.75, 3.05) is 10.5 Å². The lowest BCUT2D eigenvalue weighted by atomic mass is 10.3. The number of nitrogen functional groups attached to an aromatic ring is 1. The SMILES string of the molecule is Cc1cnc(Cl)c(NS(=O)(=O)c2cc(N)ccc2Br)c1. The van der Waals surface area contributed by atoms with Gasteiger partial charge in [-0.05, 0) is 52.7 Å². The normalized spacial score (nSPS) is 11.3. The van der Waals surface area contributed by atoms with E-state index in [1.807, 2.05) is 0 Å². The van der Waals surface area contributed by atoms with Crippen LogP contribution in [0.1, 0.15) is 5.56 Å². The highest BCUT2D eigenvalue weighted by Crippen LogP contribution is 2.28. The smallest absolute Gasteiger partial charge is 0.263 e. The van der Waals surface area contributed by atoms with Crippen LogP contribution in [0.25, 0.3) is 0 Å². The molecule has 0 spiro atoms. The first kappa shape index (κ1) is 15.1. The van der Waals surface area contributed by atoms with Gasteiger partial charge >= 0.3 is 0 Å². The number of rotatable bonds is 3. The summed E-state index contributed by atoms with van der Waals surface area (Å²) >= 11 is 9.08. The molecule has 2 rings (SSSR count). The molecule has 3 N–H and O–H groups in total. The molecule has 0 unspecified atom stereocenters. The van der Waals surface area contributed by atoms with Gasteiger partial charge in [-0.25, -0.2) is 13.4 Å². The first-order valence-electron chi connectivity index (χ1n) is 5.49. The van der Waals surface area contributed by atoms with Crippen LogP contribution in [-0.4, -0.2) is 13.4 Å². The van der Waals surface area contributed by atoms with E-state index < -0.39 is 10.0 Å². The Bertz CT molecular complexity index is 765. The highest BCUT2D eigenvalue weighted by Gasteiger charge is 2.19. The standard InChI is InChI=1S/C12H11BrClN3O2S/c1-7-4-10(12(14)16-6-7)17-20(18,19)11-5-8(15)2-3-9(11)13/h2-6,17H,15H2,1H3. The van der Waals surface area contributed by atoms with Crippen LogP contribution in [0.15, 0.2) is 39.8 Å². The zero-order valence-electron chi connectivity index (χ0n) is 10.4. The maximum atomic E-state index is 12.4. The fraction of sp³-hybridized carbons (Fsp3) is 0.0833. The predicted octanol–water partition coefficient (Wildman–Crippen LogP) is 3.19. The zero-order chi connectivity index (χ0) is 14.9. The molecule has 0 radical (unpaired) electrons. The van der Waals surface area contributed by atoms with Crippen molar-refractivity contribution < 1.29 is 8.42 Å². The zero-order valence-corrected chi connectivity index (χ0v) is 13.6. The second-order valence-corrected chi connectivity index (χ2v) is 7.01. The molecule has 0 amide bonds. The molecular formula is C12H11BrClN3O2S. The first-order valence-corrected chi connectivity index (χ1v) is 8.15. The largest absolute Gasteiger partial charge is 0.399 e. The summed E-state index contributed by atoms with van der Waals surface area (Å²) in [5.74, 6) is 0. The summed E-state index contributed by atoms with van der Waals surface area (Å²) in [5, 5.41) is 0.0826. The number of hydrogen-bond donors (Lipinski definition) is 2. The lowest BCUT2D eigenvalue weighted by Gasteiger charge is -2.11. The van der Waals surface area contributed by atoms with Gasteiger partial charge in [-0.2, -0.15) is 0 Å². The third kappa shape index (κ3) is 3.23. The Morgan fingerprint density at radius 3 is 2.75 bits per heavy atom. The minimum absolute atomic E-state index is 0.0371. The van der Waals surface area contributed by atoms with Crippen LogP contribution >= 0.6 is 27.5 Å². The molecule has 5 nitrogen and oxygen atoms in total. The molecule has 2 aromatic rings. The number of pyridine rings is 1. The third-order valence-corrected chi connectivity index (χ3v) is 5.13. The van der Waals surface area contributed by atoms with Crippen molar-refractivity contribution in [2.45, 2.75) is 11.8 Å². The van der Waals surface area contributed by atoms with Crippen LogP contribution in [0, 0.1) is 6.92 Å². The van der Waals surface area contributed by atoms with E-state index in [4.69, 9.17) is 17.3 Å². The molecule has 8 heteroatoms. The quantitative estimate of drug-likeness (QED) is 0.636. The minimum atomic E-state index is -3.81. The Morgan fingerprint density at radius 1 is 1.35 bits per heavy atom. The molecule has 0 aliphatic carbocycles. The fourth-order valence-electron chi connectivity index (χ4n) is 1.55. The molecular weight excluding hydrogens is 366 g/mol. The van der Waals surface area contributed by atoms with E-state index in [0.717, 1.165) is 5.56 Å². The molecule has 0 aliphatic heterocycles. The fourth-order valence-corrected chi connectivity index (χ4v) is 3.81. The second kappa shape index (κ2) is 5.59. The van der Waals surface area contributed by atoms with Crippen LogP contribution in [0.3, 0.4) is 0 Å². The summed E-state index contributed by atoms with van der Waals surface area (Å²) in [6, 6.07) is 6.14. The van der Waals surface area contributed by atoms with Gasteiger partial charge in [0.15, 0.2) is 5.15 Å². The number of benzene rings is 1. The monoisotopic (exact) mass is 375 g/mol. The molecule has 1 aromatic heterocycles. The van der Waals surface area contributed by atoms with Crippen molar-refractivity contribution in [1.29, 1.82) is 0 Å². The number of nitrogens with one attached hydrogen (secondary N) is 1. The summed E-state index contributed by atoms with van der Waals surface area (Å²) in [7, 11) is -3.81. The Morgan fingerprint density at radius 2 is 2.05 bits per heavy atom. The van der Waals surface area contributed by atoms with Gasteiger partial charge in [0.05, 0.1) is 5.69 Å². The third-order valence-electron chi connectivity index (χ3n) is 2.46. The van der Waals surface area contributed by atoms with Crippen molar-refractivity contribution in [2.24, 2.45) is 0 Å². The lowest BCUT2D eigenvalue weighted by molar-refractivity contribution is 0.601. The highest BCUT2D eigenvalue weighted by atomic mass is 79.9. The molecule has 1 heterocycles. The van der Waals surface area contributed by atoms with E-state index in [-0.39, 0.29) is 15.7 Å². The minimum Gasteiger partial charge on any atom is -0.399 e. The van der Waals surface area contributed by atoms with Gasteiger partial charge in [-0.3, -0.25) is 4.72 Å². The Balaban J connectivity index is 2.46. The molecule has 0 fully saturated rings. The molecule has 0 saturated carbocycles. The molecule has 1 aromatic carbocycles. The van der Waals surface area contributed by atoms with E-state index in [1.54, 1.807) is 31.3 Å². The number of hydrogen-bond acceptors (Lipinski definition) is 4. The van der Waals surface area contributed by atoms with Crippen molar-refractivity contribution in [3.63, 3.8) is 0 Å². The van der Waals surface area contributed by atoms with Crippen LogP contribution in [0.4, 0.5) is 11.4 Å².